The quantitative estimate of drug-likeness (QED) is 0.565. The number of nitrogens with zero attached hydrogens (tertiary/aromatic N) is 2. The molecule has 0 bridgehead atoms. The fourth-order valence-electron chi connectivity index (χ4n) is 2.84. The smallest absolute Gasteiger partial charge is 0.338 e. The summed E-state index contributed by atoms with van der Waals surface area (Å²) < 4.78 is 12.2. The average Bonchev–Trinajstić information content (AvgIpc) is 3.26. The Balaban J connectivity index is 1.41. The van der Waals surface area contributed by atoms with Gasteiger partial charge in [-0.1, -0.05) is 30.3 Å². The molecule has 3 rings (SSSR count). The van der Waals surface area contributed by atoms with E-state index in [4.69, 9.17) is 9.47 Å². The first-order valence-corrected chi connectivity index (χ1v) is 9.28. The summed E-state index contributed by atoms with van der Waals surface area (Å²) >= 11 is 0. The van der Waals surface area contributed by atoms with Gasteiger partial charge in [0.05, 0.1) is 19.2 Å². The van der Waals surface area contributed by atoms with E-state index < -0.39 is 5.97 Å². The number of carbonyl (C=O) groups excluding carboxylic acids is 2. The van der Waals surface area contributed by atoms with Gasteiger partial charge in [0.2, 0.25) is 0 Å². The molecule has 2 aromatic carbocycles. The molecule has 3 aromatic rings. The van der Waals surface area contributed by atoms with Gasteiger partial charge in [0.1, 0.15) is 5.75 Å². The largest absolute Gasteiger partial charge is 0.496 e. The molecule has 29 heavy (non-hydrogen) atoms. The van der Waals surface area contributed by atoms with Crippen LogP contribution in [0.3, 0.4) is 0 Å². The third kappa shape index (κ3) is 5.93. The van der Waals surface area contributed by atoms with E-state index >= 15 is 0 Å². The average molecular weight is 393 g/mol. The number of nitrogens with one attached hydrogen (secondary N) is 1. The molecule has 0 unspecified atom stereocenters. The number of esters is 1. The molecule has 1 aromatic heterocycles. The summed E-state index contributed by atoms with van der Waals surface area (Å²) in [6.45, 7) is 0.732. The fraction of sp³-hybridized carbons (Fsp3) is 0.227. The van der Waals surface area contributed by atoms with E-state index in [9.17, 15) is 9.59 Å². The van der Waals surface area contributed by atoms with Crippen molar-refractivity contribution in [2.75, 3.05) is 20.3 Å². The first-order valence-electron chi connectivity index (χ1n) is 9.28. The molecular formula is C22H23N3O4. The van der Waals surface area contributed by atoms with Crippen molar-refractivity contribution in [1.82, 2.24) is 15.1 Å². The van der Waals surface area contributed by atoms with E-state index in [-0.39, 0.29) is 12.5 Å². The second-order valence-corrected chi connectivity index (χ2v) is 6.39. The molecule has 0 radical (unpaired) electrons. The first-order chi connectivity index (χ1) is 14.2. The second-order valence-electron chi connectivity index (χ2n) is 6.39. The Labute approximate surface area is 169 Å². The number of hydrogen-bond donors (Lipinski definition) is 1. The number of para-hydroxylation sites is 1. The number of hydrogen-bond acceptors (Lipinski definition) is 5. The van der Waals surface area contributed by atoms with Crippen molar-refractivity contribution >= 4 is 11.9 Å². The fourth-order valence-corrected chi connectivity index (χ4v) is 2.84. The Kier molecular flexibility index (Phi) is 7.00. The van der Waals surface area contributed by atoms with Crippen molar-refractivity contribution < 1.29 is 19.1 Å². The molecule has 1 amide bonds. The normalized spacial score (nSPS) is 10.4. The van der Waals surface area contributed by atoms with Crippen LogP contribution in [0, 0.1) is 0 Å². The van der Waals surface area contributed by atoms with Crippen LogP contribution >= 0.6 is 0 Å². The summed E-state index contributed by atoms with van der Waals surface area (Å²) in [7, 11) is 1.61. The zero-order valence-electron chi connectivity index (χ0n) is 16.2. The van der Waals surface area contributed by atoms with E-state index in [1.807, 2.05) is 48.7 Å². The molecular weight excluding hydrogens is 370 g/mol. The van der Waals surface area contributed by atoms with Crippen LogP contribution in [0.25, 0.3) is 0 Å². The number of benzene rings is 2. The van der Waals surface area contributed by atoms with E-state index in [1.54, 1.807) is 30.1 Å². The van der Waals surface area contributed by atoms with Crippen molar-refractivity contribution in [3.8, 4) is 5.75 Å². The SMILES string of the molecule is COc1ccccc1CCNC(=O)COC(=O)c1ccc(Cn2cccn2)cc1. The van der Waals surface area contributed by atoms with Gasteiger partial charge in [-0.15, -0.1) is 0 Å². The summed E-state index contributed by atoms with van der Waals surface area (Å²) in [6, 6.07) is 16.5. The molecule has 0 aliphatic rings. The number of rotatable bonds is 9. The predicted octanol–water partition coefficient (Wildman–Crippen LogP) is 2.46. The summed E-state index contributed by atoms with van der Waals surface area (Å²) in [6.07, 6.45) is 4.21. The Morgan fingerprint density at radius 2 is 1.86 bits per heavy atom. The third-order valence-corrected chi connectivity index (χ3v) is 4.34. The minimum atomic E-state index is -0.532. The Morgan fingerprint density at radius 1 is 1.07 bits per heavy atom. The van der Waals surface area contributed by atoms with Crippen molar-refractivity contribution in [1.29, 1.82) is 0 Å². The molecule has 0 aliphatic heterocycles. The van der Waals surface area contributed by atoms with Crippen LogP contribution in [0.4, 0.5) is 0 Å². The minimum Gasteiger partial charge on any atom is -0.496 e. The van der Waals surface area contributed by atoms with Gasteiger partial charge >= 0.3 is 5.97 Å². The zero-order chi connectivity index (χ0) is 20.5. The molecule has 0 saturated heterocycles. The van der Waals surface area contributed by atoms with Gasteiger partial charge < -0.3 is 14.8 Å². The van der Waals surface area contributed by atoms with E-state index in [0.29, 0.717) is 25.1 Å². The highest BCUT2D eigenvalue weighted by Gasteiger charge is 2.10. The highest BCUT2D eigenvalue weighted by Crippen LogP contribution is 2.17. The van der Waals surface area contributed by atoms with Crippen LogP contribution < -0.4 is 10.1 Å². The zero-order valence-corrected chi connectivity index (χ0v) is 16.2. The topological polar surface area (TPSA) is 82.5 Å². The predicted molar refractivity (Wildman–Crippen MR) is 108 cm³/mol. The van der Waals surface area contributed by atoms with Crippen LogP contribution in [0.5, 0.6) is 5.75 Å². The van der Waals surface area contributed by atoms with Gasteiger partial charge in [-0.25, -0.2) is 4.79 Å². The van der Waals surface area contributed by atoms with E-state index in [0.717, 1.165) is 16.9 Å². The standard InChI is InChI=1S/C22H23N3O4/c1-28-20-6-3-2-5-18(20)11-13-23-21(26)16-29-22(27)19-9-7-17(8-10-19)15-25-14-4-12-24-25/h2-10,12,14H,11,13,15-16H2,1H3,(H,23,26). The summed E-state index contributed by atoms with van der Waals surface area (Å²) in [4.78, 5) is 24.0. The van der Waals surface area contributed by atoms with Crippen molar-refractivity contribution in [2.24, 2.45) is 0 Å². The highest BCUT2D eigenvalue weighted by atomic mass is 16.5. The maximum atomic E-state index is 12.1. The first kappa shape index (κ1) is 20.1. The lowest BCUT2D eigenvalue weighted by Crippen LogP contribution is -2.30. The van der Waals surface area contributed by atoms with Crippen LogP contribution in [0.1, 0.15) is 21.5 Å². The minimum absolute atomic E-state index is 0.320. The molecule has 0 atom stereocenters. The third-order valence-electron chi connectivity index (χ3n) is 4.34. The van der Waals surface area contributed by atoms with Crippen LogP contribution in [-0.4, -0.2) is 41.9 Å². The van der Waals surface area contributed by atoms with Crippen molar-refractivity contribution in [3.05, 3.63) is 83.7 Å². The summed E-state index contributed by atoms with van der Waals surface area (Å²) in [5.74, 6) is -0.0942. The maximum absolute atomic E-state index is 12.1. The van der Waals surface area contributed by atoms with Gasteiger partial charge in [-0.3, -0.25) is 9.48 Å². The molecule has 0 fully saturated rings. The summed E-state index contributed by atoms with van der Waals surface area (Å²) in [5.41, 5.74) is 2.41. The molecule has 0 aliphatic carbocycles. The van der Waals surface area contributed by atoms with Gasteiger partial charge in [-0.05, 0) is 41.8 Å². The molecule has 1 heterocycles. The van der Waals surface area contributed by atoms with Gasteiger partial charge in [-0.2, -0.15) is 5.10 Å². The van der Waals surface area contributed by atoms with Crippen LogP contribution in [0.2, 0.25) is 0 Å². The van der Waals surface area contributed by atoms with Gasteiger partial charge in [0.25, 0.3) is 5.91 Å². The van der Waals surface area contributed by atoms with Gasteiger partial charge in [0.15, 0.2) is 6.61 Å². The lowest BCUT2D eigenvalue weighted by Gasteiger charge is -2.09. The number of ether oxygens (including phenoxy) is 2. The Bertz CT molecular complexity index is 937. The molecule has 0 spiro atoms. The van der Waals surface area contributed by atoms with Crippen LogP contribution in [0.15, 0.2) is 67.0 Å². The molecule has 7 heteroatoms. The van der Waals surface area contributed by atoms with Crippen molar-refractivity contribution in [2.45, 2.75) is 13.0 Å². The molecule has 0 saturated carbocycles. The number of carbonyl (C=O) groups is 2. The number of aromatic nitrogens is 2. The summed E-state index contributed by atoms with van der Waals surface area (Å²) in [5, 5.41) is 6.89. The number of amides is 1. The van der Waals surface area contributed by atoms with Crippen LogP contribution in [-0.2, 0) is 22.5 Å². The molecule has 7 nitrogen and oxygen atoms in total. The maximum Gasteiger partial charge on any atom is 0.338 e. The lowest BCUT2D eigenvalue weighted by atomic mass is 10.1. The molecule has 1 N–H and O–H groups in total. The Morgan fingerprint density at radius 3 is 2.59 bits per heavy atom. The Hall–Kier alpha value is -3.61. The number of methoxy groups -OCH3 is 1. The monoisotopic (exact) mass is 393 g/mol. The highest BCUT2D eigenvalue weighted by molar-refractivity contribution is 5.91. The second kappa shape index (κ2) is 10.1. The lowest BCUT2D eigenvalue weighted by molar-refractivity contribution is -0.124. The van der Waals surface area contributed by atoms with Crippen molar-refractivity contribution in [3.63, 3.8) is 0 Å². The van der Waals surface area contributed by atoms with E-state index in [2.05, 4.69) is 10.4 Å². The van der Waals surface area contributed by atoms with E-state index in [1.165, 1.54) is 0 Å². The van der Waals surface area contributed by atoms with Gasteiger partial charge in [0, 0.05) is 18.9 Å². The molecule has 150 valence electrons.